The molecule has 46 heavy (non-hydrogen) atoms. The Balaban J connectivity index is 1.05. The number of imide groups is 2. The fraction of sp³-hybridized carbons (Fsp3) is 0.333. The molecule has 0 bridgehead atoms. The fourth-order valence-corrected chi connectivity index (χ4v) is 6.02. The third-order valence-electron chi connectivity index (χ3n) is 8.57. The Morgan fingerprint density at radius 1 is 1.02 bits per heavy atom. The molecule has 2 saturated heterocycles. The average molecular weight is 628 g/mol. The van der Waals surface area contributed by atoms with Crippen molar-refractivity contribution < 1.29 is 28.4 Å². The van der Waals surface area contributed by atoms with Gasteiger partial charge in [-0.15, -0.1) is 0 Å². The average Bonchev–Trinajstić information content (AvgIpc) is 3.30. The number of fused-ring (bicyclic) bond motifs is 1. The third kappa shape index (κ3) is 6.05. The van der Waals surface area contributed by atoms with E-state index in [2.05, 4.69) is 25.4 Å². The number of amides is 5. The quantitative estimate of drug-likeness (QED) is 0.361. The van der Waals surface area contributed by atoms with E-state index in [9.17, 15) is 24.0 Å². The van der Waals surface area contributed by atoms with Gasteiger partial charge in [0.05, 0.1) is 23.0 Å². The molecule has 1 atom stereocenters. The van der Waals surface area contributed by atoms with Gasteiger partial charge in [-0.3, -0.25) is 39.1 Å². The van der Waals surface area contributed by atoms with E-state index in [-0.39, 0.29) is 42.2 Å². The first-order valence-corrected chi connectivity index (χ1v) is 15.1. The van der Waals surface area contributed by atoms with Gasteiger partial charge in [0.15, 0.2) is 0 Å². The zero-order chi connectivity index (χ0) is 32.5. The number of anilines is 2. The highest BCUT2D eigenvalue weighted by Crippen LogP contribution is 2.32. The van der Waals surface area contributed by atoms with Gasteiger partial charge in [-0.25, -0.2) is 9.37 Å². The number of carbonyl (C=O) groups excluding carboxylic acids is 5. The van der Waals surface area contributed by atoms with Crippen molar-refractivity contribution in [3.05, 3.63) is 88.5 Å². The van der Waals surface area contributed by atoms with Crippen LogP contribution >= 0.6 is 0 Å². The number of rotatable bonds is 8. The standard InChI is InChI=1S/C33H34FN7O5/c1-38(2)32(45)26-9-8-22(18-36-26)40-14-12-39(13-15-40)19-21-7-6-20(16-24(21)34)17-35-25-5-3-4-23-29(25)33(46)41(31(23)44)27-10-11-28(42)37-30(27)43/h3-9,16,18,27,35H,10-15,17,19H2,1-2H3,(H,37,42,43). The number of pyridine rings is 1. The highest BCUT2D eigenvalue weighted by molar-refractivity contribution is 6.25. The van der Waals surface area contributed by atoms with Gasteiger partial charge in [0.1, 0.15) is 17.6 Å². The second-order valence-corrected chi connectivity index (χ2v) is 11.8. The minimum Gasteiger partial charge on any atom is -0.380 e. The van der Waals surface area contributed by atoms with Crippen LogP contribution in [0.2, 0.25) is 0 Å². The van der Waals surface area contributed by atoms with Gasteiger partial charge in [0.2, 0.25) is 11.8 Å². The first kappa shape index (κ1) is 30.8. The molecule has 1 unspecified atom stereocenters. The highest BCUT2D eigenvalue weighted by atomic mass is 19.1. The van der Waals surface area contributed by atoms with Crippen LogP contribution in [0.15, 0.2) is 54.7 Å². The summed E-state index contributed by atoms with van der Waals surface area (Å²) in [7, 11) is 3.38. The number of nitrogens with one attached hydrogen (secondary N) is 2. The van der Waals surface area contributed by atoms with Crippen LogP contribution in [0.25, 0.3) is 0 Å². The molecule has 3 aliphatic rings. The molecule has 0 aliphatic carbocycles. The summed E-state index contributed by atoms with van der Waals surface area (Å²) in [5.41, 5.74) is 3.31. The molecule has 4 heterocycles. The summed E-state index contributed by atoms with van der Waals surface area (Å²) in [4.78, 5) is 73.6. The van der Waals surface area contributed by atoms with Crippen LogP contribution in [0.1, 0.15) is 55.2 Å². The molecule has 3 aromatic rings. The minimum atomic E-state index is -1.05. The van der Waals surface area contributed by atoms with Crippen LogP contribution in [0.4, 0.5) is 15.8 Å². The van der Waals surface area contributed by atoms with Crippen LogP contribution in [0.3, 0.4) is 0 Å². The third-order valence-corrected chi connectivity index (χ3v) is 8.57. The summed E-state index contributed by atoms with van der Waals surface area (Å²) in [6.45, 7) is 3.64. The molecule has 2 N–H and O–H groups in total. The number of nitrogens with zero attached hydrogens (tertiary/aromatic N) is 5. The summed E-state index contributed by atoms with van der Waals surface area (Å²) in [5.74, 6) is -2.77. The van der Waals surface area contributed by atoms with Crippen LogP contribution < -0.4 is 15.5 Å². The van der Waals surface area contributed by atoms with Crippen LogP contribution in [0, 0.1) is 5.82 Å². The number of piperidine rings is 1. The van der Waals surface area contributed by atoms with E-state index < -0.39 is 29.7 Å². The van der Waals surface area contributed by atoms with Gasteiger partial charge in [-0.1, -0.05) is 18.2 Å². The van der Waals surface area contributed by atoms with Gasteiger partial charge in [0, 0.05) is 71.0 Å². The normalized spacial score (nSPS) is 18.5. The van der Waals surface area contributed by atoms with Crippen molar-refractivity contribution in [1.82, 2.24) is 25.0 Å². The summed E-state index contributed by atoms with van der Waals surface area (Å²) >= 11 is 0. The molecule has 2 fully saturated rings. The number of carbonyl (C=O) groups is 5. The van der Waals surface area contributed by atoms with Gasteiger partial charge < -0.3 is 15.1 Å². The number of halogens is 1. The van der Waals surface area contributed by atoms with Crippen molar-refractivity contribution in [3.8, 4) is 0 Å². The number of hydrogen-bond donors (Lipinski definition) is 2. The SMILES string of the molecule is CN(C)C(=O)c1ccc(N2CCN(Cc3ccc(CNc4cccc5c4C(=O)N(C4CCC(=O)NC4=O)C5=O)cc3F)CC2)cn1. The van der Waals surface area contributed by atoms with E-state index in [0.29, 0.717) is 29.1 Å². The Labute approximate surface area is 265 Å². The predicted molar refractivity (Wildman–Crippen MR) is 167 cm³/mol. The van der Waals surface area contributed by atoms with E-state index in [1.165, 1.54) is 17.0 Å². The van der Waals surface area contributed by atoms with Crippen molar-refractivity contribution >= 4 is 40.9 Å². The second-order valence-electron chi connectivity index (χ2n) is 11.8. The molecule has 3 aliphatic heterocycles. The Morgan fingerprint density at radius 2 is 1.80 bits per heavy atom. The summed E-state index contributed by atoms with van der Waals surface area (Å²) in [5, 5.41) is 5.35. The Morgan fingerprint density at radius 3 is 2.48 bits per heavy atom. The Bertz CT molecular complexity index is 1720. The molecule has 0 saturated carbocycles. The second kappa shape index (κ2) is 12.7. The zero-order valence-electron chi connectivity index (χ0n) is 25.6. The van der Waals surface area contributed by atoms with Crippen molar-refractivity contribution in [2.75, 3.05) is 50.5 Å². The predicted octanol–water partition coefficient (Wildman–Crippen LogP) is 2.26. The molecular weight excluding hydrogens is 593 g/mol. The molecule has 0 radical (unpaired) electrons. The van der Waals surface area contributed by atoms with E-state index in [1.54, 1.807) is 44.6 Å². The lowest BCUT2D eigenvalue weighted by molar-refractivity contribution is -0.136. The number of aromatic nitrogens is 1. The zero-order valence-corrected chi connectivity index (χ0v) is 25.6. The fourth-order valence-electron chi connectivity index (χ4n) is 6.02. The number of benzene rings is 2. The highest BCUT2D eigenvalue weighted by Gasteiger charge is 2.45. The molecule has 1 aromatic heterocycles. The van der Waals surface area contributed by atoms with Crippen LogP contribution in [0.5, 0.6) is 0 Å². The van der Waals surface area contributed by atoms with Crippen molar-refractivity contribution in [2.45, 2.75) is 32.0 Å². The summed E-state index contributed by atoms with van der Waals surface area (Å²) < 4.78 is 15.2. The maximum atomic E-state index is 15.2. The van der Waals surface area contributed by atoms with E-state index in [0.717, 1.165) is 36.8 Å². The van der Waals surface area contributed by atoms with E-state index in [4.69, 9.17) is 0 Å². The van der Waals surface area contributed by atoms with Crippen LogP contribution in [-0.4, -0.2) is 95.5 Å². The molecule has 12 nitrogen and oxygen atoms in total. The minimum absolute atomic E-state index is 0.0420. The molecule has 5 amide bonds. The maximum Gasteiger partial charge on any atom is 0.271 e. The number of piperazine rings is 1. The van der Waals surface area contributed by atoms with Crippen molar-refractivity contribution in [2.24, 2.45) is 0 Å². The van der Waals surface area contributed by atoms with E-state index >= 15 is 4.39 Å². The molecule has 6 rings (SSSR count). The maximum absolute atomic E-state index is 15.2. The van der Waals surface area contributed by atoms with Crippen LogP contribution in [-0.2, 0) is 22.7 Å². The van der Waals surface area contributed by atoms with Crippen molar-refractivity contribution in [3.63, 3.8) is 0 Å². The lowest BCUT2D eigenvalue weighted by atomic mass is 10.0. The molecular formula is C33H34FN7O5. The lowest BCUT2D eigenvalue weighted by Crippen LogP contribution is -2.54. The lowest BCUT2D eigenvalue weighted by Gasteiger charge is -2.36. The first-order valence-electron chi connectivity index (χ1n) is 15.1. The van der Waals surface area contributed by atoms with Gasteiger partial charge >= 0.3 is 0 Å². The summed E-state index contributed by atoms with van der Waals surface area (Å²) in [6.07, 6.45) is 1.83. The number of hydrogen-bond acceptors (Lipinski definition) is 9. The largest absolute Gasteiger partial charge is 0.380 e. The van der Waals surface area contributed by atoms with Gasteiger partial charge in [-0.2, -0.15) is 0 Å². The molecule has 2 aromatic carbocycles. The molecule has 0 spiro atoms. The monoisotopic (exact) mass is 627 g/mol. The topological polar surface area (TPSA) is 135 Å². The van der Waals surface area contributed by atoms with Crippen molar-refractivity contribution in [1.29, 1.82) is 0 Å². The first-order chi connectivity index (χ1) is 22.1. The van der Waals surface area contributed by atoms with E-state index in [1.807, 2.05) is 12.1 Å². The Hall–Kier alpha value is -5.17. The Kier molecular flexibility index (Phi) is 8.50. The van der Waals surface area contributed by atoms with Gasteiger partial charge in [-0.05, 0) is 42.3 Å². The molecule has 13 heteroatoms. The summed E-state index contributed by atoms with van der Waals surface area (Å²) in [6, 6.07) is 12.5. The smallest absolute Gasteiger partial charge is 0.271 e. The molecule has 238 valence electrons. The van der Waals surface area contributed by atoms with Gasteiger partial charge in [0.25, 0.3) is 17.7 Å².